The third-order valence-corrected chi connectivity index (χ3v) is 6.16. The molecule has 0 aliphatic carbocycles. The van der Waals surface area contributed by atoms with E-state index >= 15 is 0 Å². The highest BCUT2D eigenvalue weighted by molar-refractivity contribution is 7.91. The van der Waals surface area contributed by atoms with Crippen molar-refractivity contribution >= 4 is 40.3 Å². The molecule has 10 heteroatoms. The maximum atomic E-state index is 13.2. The van der Waals surface area contributed by atoms with Gasteiger partial charge < -0.3 is 14.4 Å². The second-order valence-electron chi connectivity index (χ2n) is 5.84. The zero-order chi connectivity index (χ0) is 19.9. The van der Waals surface area contributed by atoms with Crippen molar-refractivity contribution in [1.82, 2.24) is 0 Å². The van der Waals surface area contributed by atoms with Gasteiger partial charge in [-0.15, -0.1) is 0 Å². The first kappa shape index (κ1) is 20.1. The Bertz CT molecular complexity index is 874. The molecule has 1 heterocycles. The van der Waals surface area contributed by atoms with E-state index in [4.69, 9.17) is 33.0 Å². The van der Waals surface area contributed by atoms with E-state index in [1.54, 1.807) is 0 Å². The average Bonchev–Trinajstić information content (AvgIpc) is 2.59. The summed E-state index contributed by atoms with van der Waals surface area (Å²) in [6.45, 7) is 0. The van der Waals surface area contributed by atoms with E-state index in [0.717, 1.165) is 0 Å². The van der Waals surface area contributed by atoms with Gasteiger partial charge in [0.25, 0.3) is 0 Å². The van der Waals surface area contributed by atoms with Gasteiger partial charge in [-0.1, -0.05) is 23.2 Å². The quantitative estimate of drug-likeness (QED) is 0.703. The Labute approximate surface area is 165 Å². The summed E-state index contributed by atoms with van der Waals surface area (Å²) in [5.41, 5.74) is 0.213. The molecule has 1 aliphatic heterocycles. The number of carbonyl (C=O) groups is 1. The van der Waals surface area contributed by atoms with E-state index in [1.807, 2.05) is 0 Å². The van der Waals surface area contributed by atoms with E-state index in [9.17, 15) is 22.5 Å². The molecule has 0 saturated heterocycles. The van der Waals surface area contributed by atoms with Crippen molar-refractivity contribution in [1.29, 1.82) is 0 Å². The Morgan fingerprint density at radius 1 is 1.22 bits per heavy atom. The topological polar surface area (TPSA) is 69.6 Å². The van der Waals surface area contributed by atoms with Gasteiger partial charge in [0.1, 0.15) is 11.7 Å². The summed E-state index contributed by atoms with van der Waals surface area (Å²) in [6.07, 6.45) is -7.77. The fraction of sp³-hybridized carbons (Fsp3) is 0.235. The lowest BCUT2D eigenvalue weighted by Crippen LogP contribution is -2.47. The Hall–Kier alpha value is -1.61. The van der Waals surface area contributed by atoms with Crippen LogP contribution in [0.3, 0.4) is 0 Å². The molecule has 1 unspecified atom stereocenters. The van der Waals surface area contributed by atoms with Gasteiger partial charge in [-0.3, -0.25) is 4.79 Å². The second-order valence-corrected chi connectivity index (χ2v) is 8.13. The minimum atomic E-state index is -4.87. The van der Waals surface area contributed by atoms with Crippen LogP contribution >= 0.6 is 23.2 Å². The van der Waals surface area contributed by atoms with E-state index in [-0.39, 0.29) is 21.2 Å². The highest BCUT2D eigenvalue weighted by atomic mass is 35.5. The van der Waals surface area contributed by atoms with Crippen LogP contribution in [-0.2, 0) is 22.4 Å². The van der Waals surface area contributed by atoms with Crippen molar-refractivity contribution < 1.29 is 32.4 Å². The highest BCUT2D eigenvalue weighted by Crippen LogP contribution is 2.42. The first-order chi connectivity index (χ1) is 12.6. The third kappa shape index (κ3) is 4.13. The van der Waals surface area contributed by atoms with E-state index < -0.39 is 41.8 Å². The number of hydrogen-bond donors (Lipinski definition) is 1. The zero-order valence-corrected chi connectivity index (χ0v) is 15.6. The van der Waals surface area contributed by atoms with Crippen molar-refractivity contribution in [2.75, 3.05) is 0 Å². The zero-order valence-electron chi connectivity index (χ0n) is 13.3. The van der Waals surface area contributed by atoms with Gasteiger partial charge in [0, 0.05) is 22.3 Å². The fourth-order valence-corrected chi connectivity index (χ4v) is 4.36. The van der Waals surface area contributed by atoms with E-state index in [1.165, 1.54) is 36.4 Å². The number of ether oxygens (including phenoxy) is 1. The lowest BCUT2D eigenvalue weighted by molar-refractivity contribution is -0.217. The SMILES string of the molecule is O=C(O)[C@@H]1Cc2cc(Cl)c([S+]([O-])c3ccc(Cl)cc3)cc2O[C@@H]1C(F)(F)F. The summed E-state index contributed by atoms with van der Waals surface area (Å²) in [4.78, 5) is 11.6. The van der Waals surface area contributed by atoms with Gasteiger partial charge in [-0.25, -0.2) is 0 Å². The predicted molar refractivity (Wildman–Crippen MR) is 92.9 cm³/mol. The number of hydrogen-bond acceptors (Lipinski definition) is 3. The highest BCUT2D eigenvalue weighted by Gasteiger charge is 2.52. The number of carboxylic acid groups (broad SMARTS) is 1. The van der Waals surface area contributed by atoms with Crippen molar-refractivity contribution in [3.63, 3.8) is 0 Å². The van der Waals surface area contributed by atoms with Gasteiger partial charge in [0.2, 0.25) is 6.10 Å². The molecule has 0 aromatic heterocycles. The van der Waals surface area contributed by atoms with Crippen LogP contribution in [0.2, 0.25) is 10.0 Å². The lowest BCUT2D eigenvalue weighted by Gasteiger charge is -2.32. The molecule has 2 aromatic rings. The van der Waals surface area contributed by atoms with E-state index in [0.29, 0.717) is 9.92 Å². The second kappa shape index (κ2) is 7.43. The number of aliphatic carboxylic acids is 1. The van der Waals surface area contributed by atoms with Gasteiger partial charge in [0.15, 0.2) is 9.79 Å². The number of halogens is 5. The molecule has 0 spiro atoms. The molecular weight excluding hydrogens is 428 g/mol. The Balaban J connectivity index is 2.00. The van der Waals surface area contributed by atoms with Crippen LogP contribution in [0.5, 0.6) is 5.75 Å². The third-order valence-electron chi connectivity index (χ3n) is 4.04. The molecule has 0 fully saturated rings. The number of benzene rings is 2. The minimum Gasteiger partial charge on any atom is -0.606 e. The Morgan fingerprint density at radius 2 is 1.85 bits per heavy atom. The monoisotopic (exact) mass is 438 g/mol. The first-order valence-electron chi connectivity index (χ1n) is 7.54. The molecule has 3 atom stereocenters. The van der Waals surface area contributed by atoms with Crippen molar-refractivity contribution in [2.45, 2.75) is 28.5 Å². The smallest absolute Gasteiger partial charge is 0.426 e. The van der Waals surface area contributed by atoms with Crippen LogP contribution in [0.15, 0.2) is 46.2 Å². The number of rotatable bonds is 3. The molecule has 144 valence electrons. The van der Waals surface area contributed by atoms with Crippen molar-refractivity contribution in [3.8, 4) is 5.75 Å². The van der Waals surface area contributed by atoms with Crippen LogP contribution in [0.4, 0.5) is 13.2 Å². The molecule has 27 heavy (non-hydrogen) atoms. The van der Waals surface area contributed by atoms with E-state index in [2.05, 4.69) is 0 Å². The van der Waals surface area contributed by atoms with Gasteiger partial charge >= 0.3 is 12.1 Å². The maximum absolute atomic E-state index is 13.2. The molecule has 4 nitrogen and oxygen atoms in total. The fourth-order valence-electron chi connectivity index (χ4n) is 2.75. The van der Waals surface area contributed by atoms with Crippen LogP contribution in [0.1, 0.15) is 5.56 Å². The first-order valence-corrected chi connectivity index (χ1v) is 9.44. The van der Waals surface area contributed by atoms with Crippen LogP contribution in [0, 0.1) is 5.92 Å². The molecule has 0 amide bonds. The number of carboxylic acids is 1. The summed E-state index contributed by atoms with van der Waals surface area (Å²) >= 11 is 10.2. The molecule has 1 aliphatic rings. The molecule has 0 saturated carbocycles. The Morgan fingerprint density at radius 3 is 2.41 bits per heavy atom. The van der Waals surface area contributed by atoms with Crippen molar-refractivity contribution in [2.24, 2.45) is 5.92 Å². The van der Waals surface area contributed by atoms with Gasteiger partial charge in [-0.2, -0.15) is 13.2 Å². The number of alkyl halides is 3. The van der Waals surface area contributed by atoms with Crippen LogP contribution in [0.25, 0.3) is 0 Å². The molecule has 0 bridgehead atoms. The molecule has 1 N–H and O–H groups in total. The summed E-state index contributed by atoms with van der Waals surface area (Å²) in [5, 5.41) is 9.58. The molecular formula is C17H11Cl2F3O4S. The lowest BCUT2D eigenvalue weighted by atomic mass is 9.90. The van der Waals surface area contributed by atoms with Gasteiger partial charge in [0.05, 0.1) is 5.02 Å². The largest absolute Gasteiger partial charge is 0.606 e. The Kier molecular flexibility index (Phi) is 5.54. The predicted octanol–water partition coefficient (Wildman–Crippen LogP) is 4.73. The summed E-state index contributed by atoms with van der Waals surface area (Å²) in [5.74, 6) is -3.59. The summed E-state index contributed by atoms with van der Waals surface area (Å²) < 4.78 is 57.3. The standard InChI is InChI=1S/C17H11Cl2F3O4S/c18-9-1-3-10(4-2-9)27(25)14-7-13-8(6-12(14)19)5-11(16(23)24)15(26-13)17(20,21)22/h1-4,6-7,11,15H,5H2,(H,23,24)/t11-,15+,27?/m1/s1. The maximum Gasteiger partial charge on any atom is 0.426 e. The van der Waals surface area contributed by atoms with Crippen LogP contribution in [-0.4, -0.2) is 27.9 Å². The van der Waals surface area contributed by atoms with Crippen LogP contribution < -0.4 is 4.74 Å². The van der Waals surface area contributed by atoms with Gasteiger partial charge in [-0.05, 0) is 42.3 Å². The molecule has 3 rings (SSSR count). The number of fused-ring (bicyclic) bond motifs is 1. The average molecular weight is 439 g/mol. The minimum absolute atomic E-state index is 0.0419. The normalized spacial score (nSPS) is 20.5. The summed E-state index contributed by atoms with van der Waals surface area (Å²) in [6, 6.07) is 8.52. The molecule has 2 aromatic carbocycles. The van der Waals surface area contributed by atoms with Crippen molar-refractivity contribution in [3.05, 3.63) is 52.0 Å². The summed E-state index contributed by atoms with van der Waals surface area (Å²) in [7, 11) is 0. The molecule has 0 radical (unpaired) electrons.